The van der Waals surface area contributed by atoms with E-state index in [0.717, 1.165) is 6.42 Å². The van der Waals surface area contributed by atoms with Gasteiger partial charge in [0, 0.05) is 0 Å². The molecule has 0 unspecified atom stereocenters. The van der Waals surface area contributed by atoms with E-state index in [9.17, 15) is 4.39 Å². The lowest BCUT2D eigenvalue weighted by Crippen LogP contribution is -1.90. The Labute approximate surface area is 166 Å². The standard InChI is InChI=1S/C23H26.CH3F.2CH4/c1-3-5-18-7-9-20(10-8-18)15-21-12-14-22-16-19(6-4-2)11-13-23(22)17-21;1-2;;/h7-14,16-17H,3-6,15H2,1-2H3;1H3;2*1H4. The lowest BCUT2D eigenvalue weighted by atomic mass is 9.98. The van der Waals surface area contributed by atoms with Crippen molar-refractivity contribution in [2.45, 2.75) is 60.8 Å². The summed E-state index contributed by atoms with van der Waals surface area (Å²) in [6.45, 7) is 4.47. The highest BCUT2D eigenvalue weighted by atomic mass is 19.1. The first-order chi connectivity index (χ1) is 12.3. The minimum Gasteiger partial charge on any atom is -0.255 e. The molecule has 0 nitrogen and oxygen atoms in total. The number of fused-ring (bicyclic) bond motifs is 1. The monoisotopic (exact) mass is 368 g/mol. The predicted molar refractivity (Wildman–Crippen MR) is 122 cm³/mol. The molecule has 0 aromatic heterocycles. The number of alkyl halides is 1. The maximum Gasteiger partial charge on any atom is 0.0785 e. The SMILES string of the molecule is C.C.CCCc1ccc(Cc2ccc3cc(CCC)ccc3c2)cc1.CF. The fraction of sp³-hybridized carbons (Fsp3) is 0.385. The van der Waals surface area contributed by atoms with Crippen LogP contribution in [0.15, 0.2) is 60.7 Å². The van der Waals surface area contributed by atoms with Crippen LogP contribution in [-0.4, -0.2) is 7.18 Å². The van der Waals surface area contributed by atoms with Crippen molar-refractivity contribution < 1.29 is 4.39 Å². The van der Waals surface area contributed by atoms with E-state index in [2.05, 4.69) is 74.5 Å². The smallest absolute Gasteiger partial charge is 0.0785 e. The Balaban J connectivity index is 0.00000164. The largest absolute Gasteiger partial charge is 0.255 e. The van der Waals surface area contributed by atoms with Gasteiger partial charge in [0.2, 0.25) is 0 Å². The summed E-state index contributed by atoms with van der Waals surface area (Å²) >= 11 is 0. The van der Waals surface area contributed by atoms with Crippen LogP contribution < -0.4 is 0 Å². The van der Waals surface area contributed by atoms with Crippen molar-refractivity contribution >= 4 is 10.8 Å². The van der Waals surface area contributed by atoms with Gasteiger partial charge in [0.05, 0.1) is 7.18 Å². The molecule has 0 bridgehead atoms. The Morgan fingerprint density at radius 1 is 0.556 bits per heavy atom. The second-order valence-corrected chi connectivity index (χ2v) is 6.51. The molecule has 0 heterocycles. The minimum absolute atomic E-state index is 0. The average Bonchev–Trinajstić information content (AvgIpc) is 2.66. The van der Waals surface area contributed by atoms with Crippen molar-refractivity contribution in [1.29, 1.82) is 0 Å². The fourth-order valence-corrected chi connectivity index (χ4v) is 3.25. The number of rotatable bonds is 6. The predicted octanol–water partition coefficient (Wildman–Crippen LogP) is 8.19. The van der Waals surface area contributed by atoms with Crippen LogP contribution in [0.5, 0.6) is 0 Å². The lowest BCUT2D eigenvalue weighted by Gasteiger charge is -2.07. The quantitative estimate of drug-likeness (QED) is 0.411. The summed E-state index contributed by atoms with van der Waals surface area (Å²) in [6.07, 6.45) is 5.78. The average molecular weight is 369 g/mol. The van der Waals surface area contributed by atoms with Crippen LogP contribution in [0.2, 0.25) is 0 Å². The van der Waals surface area contributed by atoms with Gasteiger partial charge in [-0.25, -0.2) is 0 Å². The van der Waals surface area contributed by atoms with Crippen LogP contribution in [-0.2, 0) is 19.3 Å². The number of hydrogen-bond acceptors (Lipinski definition) is 0. The Morgan fingerprint density at radius 3 is 1.52 bits per heavy atom. The van der Waals surface area contributed by atoms with Crippen LogP contribution in [0.3, 0.4) is 0 Å². The Kier molecular flexibility index (Phi) is 12.0. The van der Waals surface area contributed by atoms with Gasteiger partial charge in [0.1, 0.15) is 0 Å². The van der Waals surface area contributed by atoms with Crippen molar-refractivity contribution in [3.05, 3.63) is 82.9 Å². The Morgan fingerprint density at radius 2 is 0.963 bits per heavy atom. The van der Waals surface area contributed by atoms with Crippen molar-refractivity contribution in [1.82, 2.24) is 0 Å². The van der Waals surface area contributed by atoms with Crippen LogP contribution in [0.25, 0.3) is 10.8 Å². The molecule has 0 fully saturated rings. The van der Waals surface area contributed by atoms with E-state index in [4.69, 9.17) is 0 Å². The minimum atomic E-state index is 0. The molecular weight excluding hydrogens is 331 g/mol. The highest BCUT2D eigenvalue weighted by molar-refractivity contribution is 5.83. The summed E-state index contributed by atoms with van der Waals surface area (Å²) in [5.41, 5.74) is 5.67. The van der Waals surface area contributed by atoms with E-state index in [0.29, 0.717) is 7.18 Å². The van der Waals surface area contributed by atoms with Gasteiger partial charge in [-0.3, -0.25) is 4.39 Å². The molecule has 0 saturated carbocycles. The maximum absolute atomic E-state index is 9.50. The molecule has 0 saturated heterocycles. The van der Waals surface area contributed by atoms with E-state index >= 15 is 0 Å². The first-order valence-electron chi connectivity index (χ1n) is 9.25. The van der Waals surface area contributed by atoms with Crippen molar-refractivity contribution in [2.75, 3.05) is 7.18 Å². The van der Waals surface area contributed by atoms with E-state index in [1.54, 1.807) is 0 Å². The zero-order valence-electron chi connectivity index (χ0n) is 15.7. The summed E-state index contributed by atoms with van der Waals surface area (Å²) in [5, 5.41) is 2.71. The Hall–Kier alpha value is -2.15. The van der Waals surface area contributed by atoms with Crippen LogP contribution >= 0.6 is 0 Å². The fourth-order valence-electron chi connectivity index (χ4n) is 3.25. The van der Waals surface area contributed by atoms with Gasteiger partial charge in [-0.15, -0.1) is 0 Å². The molecule has 0 radical (unpaired) electrons. The van der Waals surface area contributed by atoms with Gasteiger partial charge in [-0.2, -0.15) is 0 Å². The summed E-state index contributed by atoms with van der Waals surface area (Å²) in [5.74, 6) is 0. The van der Waals surface area contributed by atoms with Crippen molar-refractivity contribution in [3.63, 3.8) is 0 Å². The summed E-state index contributed by atoms with van der Waals surface area (Å²) in [4.78, 5) is 0. The zero-order chi connectivity index (χ0) is 18.1. The molecule has 27 heavy (non-hydrogen) atoms. The third kappa shape index (κ3) is 7.17. The molecule has 0 aliphatic carbocycles. The normalized spacial score (nSPS) is 9.63. The van der Waals surface area contributed by atoms with Crippen LogP contribution in [0.4, 0.5) is 4.39 Å². The van der Waals surface area contributed by atoms with Gasteiger partial charge < -0.3 is 0 Å². The molecule has 0 aliphatic rings. The molecule has 3 aromatic carbocycles. The number of halogens is 1. The highest BCUT2D eigenvalue weighted by Gasteiger charge is 2.01. The summed E-state index contributed by atoms with van der Waals surface area (Å²) in [7, 11) is 0.500. The third-order valence-corrected chi connectivity index (χ3v) is 4.48. The molecule has 0 N–H and O–H groups in total. The van der Waals surface area contributed by atoms with Crippen molar-refractivity contribution in [2.24, 2.45) is 0 Å². The van der Waals surface area contributed by atoms with E-state index in [-0.39, 0.29) is 14.9 Å². The lowest BCUT2D eigenvalue weighted by molar-refractivity contribution is 0.636. The van der Waals surface area contributed by atoms with Crippen LogP contribution in [0.1, 0.15) is 63.8 Å². The molecule has 0 atom stereocenters. The molecule has 0 aliphatic heterocycles. The maximum atomic E-state index is 9.50. The molecule has 3 rings (SSSR count). The Bertz CT molecular complexity index is 772. The summed E-state index contributed by atoms with van der Waals surface area (Å²) in [6, 6.07) is 22.9. The number of aryl methyl sites for hydroxylation is 2. The molecule has 0 spiro atoms. The third-order valence-electron chi connectivity index (χ3n) is 4.48. The zero-order valence-corrected chi connectivity index (χ0v) is 15.7. The van der Waals surface area contributed by atoms with Crippen LogP contribution in [0, 0.1) is 0 Å². The molecule has 148 valence electrons. The van der Waals surface area contributed by atoms with Gasteiger partial charge >= 0.3 is 0 Å². The molecule has 1 heteroatoms. The van der Waals surface area contributed by atoms with Gasteiger partial charge in [-0.05, 0) is 52.3 Å². The topological polar surface area (TPSA) is 0 Å². The van der Waals surface area contributed by atoms with Gasteiger partial charge in [0.25, 0.3) is 0 Å². The number of benzene rings is 3. The molecule has 3 aromatic rings. The van der Waals surface area contributed by atoms with E-state index < -0.39 is 0 Å². The summed E-state index contributed by atoms with van der Waals surface area (Å²) < 4.78 is 9.50. The first-order valence-corrected chi connectivity index (χ1v) is 9.25. The number of hydrogen-bond donors (Lipinski definition) is 0. The second kappa shape index (κ2) is 13.1. The second-order valence-electron chi connectivity index (χ2n) is 6.51. The van der Waals surface area contributed by atoms with Crippen molar-refractivity contribution in [3.8, 4) is 0 Å². The highest BCUT2D eigenvalue weighted by Crippen LogP contribution is 2.21. The van der Waals surface area contributed by atoms with E-state index in [1.165, 1.54) is 58.7 Å². The molecule has 0 amide bonds. The van der Waals surface area contributed by atoms with Gasteiger partial charge in [0.15, 0.2) is 0 Å². The molecular formula is C26H37F. The first kappa shape index (κ1) is 24.8. The van der Waals surface area contributed by atoms with E-state index in [1.807, 2.05) is 0 Å². The van der Waals surface area contributed by atoms with Gasteiger partial charge in [-0.1, -0.05) is 102 Å².